The number of rotatable bonds is 5. The van der Waals surface area contributed by atoms with Crippen LogP contribution in [0.4, 0.5) is 0 Å². The number of carbonyl (C=O) groups is 1. The van der Waals surface area contributed by atoms with Crippen molar-refractivity contribution >= 4 is 17.4 Å². The summed E-state index contributed by atoms with van der Waals surface area (Å²) in [6.07, 6.45) is 4.51. The molecule has 22 heavy (non-hydrogen) atoms. The zero-order chi connectivity index (χ0) is 17.0. The predicted molar refractivity (Wildman–Crippen MR) is 88.6 cm³/mol. The van der Waals surface area contributed by atoms with E-state index in [4.69, 9.17) is 11.6 Å². The largest absolute Gasteiger partial charge is 0.328 e. The Bertz CT molecular complexity index is 780. The number of nitrogens with one attached hydrogen (secondary N) is 1. The standard InChI is InChI=1S/C16H19ClN2O3/c1-6-7-11(17)8-10(4)14(20)13-12(9(2)3)15(21)18-16(22)19(13)5/h6-9H,1H2,2-5H3,(H,18,21,22)/b10-8+,11-7+. The highest BCUT2D eigenvalue weighted by molar-refractivity contribution is 6.31. The minimum absolute atomic E-state index is 0.0839. The van der Waals surface area contributed by atoms with E-state index < -0.39 is 17.0 Å². The molecule has 1 rings (SSSR count). The smallest absolute Gasteiger partial charge is 0.293 e. The maximum atomic E-state index is 12.6. The molecule has 0 unspecified atom stereocenters. The molecule has 0 bridgehead atoms. The van der Waals surface area contributed by atoms with Gasteiger partial charge in [0.05, 0.1) is 0 Å². The first-order valence-corrected chi connectivity index (χ1v) is 7.12. The van der Waals surface area contributed by atoms with Crippen LogP contribution in [0.1, 0.15) is 42.7 Å². The molecule has 118 valence electrons. The summed E-state index contributed by atoms with van der Waals surface area (Å²) >= 11 is 5.94. The first-order valence-electron chi connectivity index (χ1n) is 6.75. The summed E-state index contributed by atoms with van der Waals surface area (Å²) in [5.74, 6) is -0.619. The Morgan fingerprint density at radius 1 is 1.36 bits per heavy atom. The summed E-state index contributed by atoms with van der Waals surface area (Å²) in [5.41, 5.74) is -0.477. The first-order chi connectivity index (χ1) is 10.2. The lowest BCUT2D eigenvalue weighted by Crippen LogP contribution is -2.36. The second-order valence-corrected chi connectivity index (χ2v) is 5.62. The number of halogens is 1. The van der Waals surface area contributed by atoms with Gasteiger partial charge in [0.15, 0.2) is 0 Å². The van der Waals surface area contributed by atoms with Crippen LogP contribution in [0.5, 0.6) is 0 Å². The van der Waals surface area contributed by atoms with E-state index in [0.717, 1.165) is 4.57 Å². The van der Waals surface area contributed by atoms with E-state index in [0.29, 0.717) is 10.6 Å². The monoisotopic (exact) mass is 322 g/mol. The number of aromatic amines is 1. The Hall–Kier alpha value is -2.14. The van der Waals surface area contributed by atoms with Crippen LogP contribution in [0.3, 0.4) is 0 Å². The van der Waals surface area contributed by atoms with E-state index in [1.54, 1.807) is 26.8 Å². The molecule has 1 aromatic heterocycles. The summed E-state index contributed by atoms with van der Waals surface area (Å²) in [6.45, 7) is 8.67. The van der Waals surface area contributed by atoms with Crippen molar-refractivity contribution in [1.82, 2.24) is 9.55 Å². The van der Waals surface area contributed by atoms with Crippen molar-refractivity contribution in [1.29, 1.82) is 0 Å². The van der Waals surface area contributed by atoms with E-state index in [9.17, 15) is 14.4 Å². The van der Waals surface area contributed by atoms with E-state index in [-0.39, 0.29) is 17.2 Å². The third kappa shape index (κ3) is 3.74. The summed E-state index contributed by atoms with van der Waals surface area (Å²) in [5, 5.41) is 0.335. The molecule has 0 atom stereocenters. The van der Waals surface area contributed by atoms with Crippen LogP contribution < -0.4 is 11.2 Å². The Morgan fingerprint density at radius 2 is 1.95 bits per heavy atom. The Kier molecular flexibility index (Phi) is 5.88. The molecule has 0 amide bonds. The van der Waals surface area contributed by atoms with Crippen molar-refractivity contribution in [2.45, 2.75) is 26.7 Å². The average molecular weight is 323 g/mol. The topological polar surface area (TPSA) is 71.9 Å². The van der Waals surface area contributed by atoms with Gasteiger partial charge in [-0.25, -0.2) is 4.79 Å². The number of H-pyrrole nitrogens is 1. The molecule has 1 N–H and O–H groups in total. The quantitative estimate of drug-likeness (QED) is 0.514. The van der Waals surface area contributed by atoms with Gasteiger partial charge in [-0.15, -0.1) is 0 Å². The van der Waals surface area contributed by atoms with E-state index >= 15 is 0 Å². The molecular formula is C16H19ClN2O3. The number of carbonyl (C=O) groups excluding carboxylic acids is 1. The van der Waals surface area contributed by atoms with Gasteiger partial charge in [0.25, 0.3) is 5.56 Å². The van der Waals surface area contributed by atoms with E-state index in [1.807, 2.05) is 0 Å². The van der Waals surface area contributed by atoms with Gasteiger partial charge in [-0.2, -0.15) is 0 Å². The van der Waals surface area contributed by atoms with Crippen molar-refractivity contribution < 1.29 is 4.79 Å². The number of aromatic nitrogens is 2. The number of Topliss-reactive ketones (excluding diaryl/α,β-unsaturated/α-hetero) is 1. The van der Waals surface area contributed by atoms with Crippen LogP contribution in [-0.4, -0.2) is 15.3 Å². The first kappa shape index (κ1) is 17.9. The maximum Gasteiger partial charge on any atom is 0.328 e. The molecule has 0 aliphatic carbocycles. The number of nitrogens with zero attached hydrogens (tertiary/aromatic N) is 1. The summed E-state index contributed by atoms with van der Waals surface area (Å²) in [6, 6.07) is 0. The third-order valence-electron chi connectivity index (χ3n) is 3.14. The minimum atomic E-state index is -0.627. The van der Waals surface area contributed by atoms with Gasteiger partial charge >= 0.3 is 5.69 Å². The molecule has 0 aliphatic heterocycles. The molecule has 0 spiro atoms. The van der Waals surface area contributed by atoms with Crippen LogP contribution in [0.15, 0.2) is 45.0 Å². The second kappa shape index (κ2) is 7.22. The Labute approximate surface area is 133 Å². The molecular weight excluding hydrogens is 304 g/mol. The number of ketones is 1. The molecule has 0 saturated heterocycles. The molecule has 1 heterocycles. The van der Waals surface area contributed by atoms with Crippen molar-refractivity contribution in [3.8, 4) is 0 Å². The SMILES string of the molecule is C=C/C=C(Cl)\C=C(/C)C(=O)c1c(C(C)C)c(=O)[nH]c(=O)n1C. The molecule has 0 radical (unpaired) electrons. The number of hydrogen-bond donors (Lipinski definition) is 1. The lowest BCUT2D eigenvalue weighted by atomic mass is 9.97. The fourth-order valence-corrected chi connectivity index (χ4v) is 2.32. The van der Waals surface area contributed by atoms with Gasteiger partial charge in [0.1, 0.15) is 5.69 Å². The molecule has 0 saturated carbocycles. The second-order valence-electron chi connectivity index (χ2n) is 5.18. The molecule has 0 aromatic carbocycles. The lowest BCUT2D eigenvalue weighted by molar-refractivity contribution is 0.102. The zero-order valence-corrected chi connectivity index (χ0v) is 13.8. The summed E-state index contributed by atoms with van der Waals surface area (Å²) in [7, 11) is 1.45. The highest BCUT2D eigenvalue weighted by atomic mass is 35.5. The maximum absolute atomic E-state index is 12.6. The van der Waals surface area contributed by atoms with Crippen LogP contribution >= 0.6 is 11.6 Å². The molecule has 1 aromatic rings. The fraction of sp³-hybridized carbons (Fsp3) is 0.312. The highest BCUT2D eigenvalue weighted by Gasteiger charge is 2.22. The number of hydrogen-bond acceptors (Lipinski definition) is 3. The lowest BCUT2D eigenvalue weighted by Gasteiger charge is -2.14. The van der Waals surface area contributed by atoms with Crippen LogP contribution in [0, 0.1) is 0 Å². The van der Waals surface area contributed by atoms with Gasteiger partial charge in [-0.1, -0.05) is 38.1 Å². The van der Waals surface area contributed by atoms with Gasteiger partial charge < -0.3 is 0 Å². The summed E-state index contributed by atoms with van der Waals surface area (Å²) in [4.78, 5) is 38.6. The molecule has 5 nitrogen and oxygen atoms in total. The Balaban J connectivity index is 3.59. The van der Waals surface area contributed by atoms with Crippen LogP contribution in [-0.2, 0) is 7.05 Å². The third-order valence-corrected chi connectivity index (χ3v) is 3.38. The van der Waals surface area contributed by atoms with Gasteiger partial charge in [0.2, 0.25) is 5.78 Å². The zero-order valence-electron chi connectivity index (χ0n) is 13.1. The fourth-order valence-electron chi connectivity index (χ4n) is 2.07. The van der Waals surface area contributed by atoms with Gasteiger partial charge in [-0.05, 0) is 25.0 Å². The van der Waals surface area contributed by atoms with Crippen molar-refractivity contribution in [3.05, 3.63) is 67.5 Å². The normalized spacial score (nSPS) is 12.6. The van der Waals surface area contributed by atoms with Crippen molar-refractivity contribution in [3.63, 3.8) is 0 Å². The minimum Gasteiger partial charge on any atom is -0.293 e. The van der Waals surface area contributed by atoms with E-state index in [1.165, 1.54) is 19.2 Å². The average Bonchev–Trinajstić information content (AvgIpc) is 2.41. The van der Waals surface area contributed by atoms with Crippen molar-refractivity contribution in [2.75, 3.05) is 0 Å². The Morgan fingerprint density at radius 3 is 2.45 bits per heavy atom. The van der Waals surface area contributed by atoms with Gasteiger partial charge in [0, 0.05) is 23.2 Å². The summed E-state index contributed by atoms with van der Waals surface area (Å²) < 4.78 is 1.15. The number of allylic oxidation sites excluding steroid dienone is 5. The van der Waals surface area contributed by atoms with Crippen LogP contribution in [0.25, 0.3) is 0 Å². The van der Waals surface area contributed by atoms with E-state index in [2.05, 4.69) is 11.6 Å². The predicted octanol–water partition coefficient (Wildman–Crippen LogP) is 2.63. The highest BCUT2D eigenvalue weighted by Crippen LogP contribution is 2.18. The molecule has 6 heteroatoms. The molecule has 0 aliphatic rings. The van der Waals surface area contributed by atoms with Crippen LogP contribution in [0.2, 0.25) is 0 Å². The molecule has 0 fully saturated rings. The van der Waals surface area contributed by atoms with Gasteiger partial charge in [-0.3, -0.25) is 19.1 Å². The van der Waals surface area contributed by atoms with Crippen molar-refractivity contribution in [2.24, 2.45) is 7.05 Å².